The Morgan fingerprint density at radius 1 is 0.944 bits per heavy atom. The molecule has 0 aromatic carbocycles. The number of aliphatic hydroxyl groups excluding tert-OH is 1. The largest absolute Gasteiger partial charge is 0.396 e. The summed E-state index contributed by atoms with van der Waals surface area (Å²) in [5, 5.41) is 19.9. The van der Waals surface area contributed by atoms with Crippen LogP contribution < -0.4 is 0 Å². The van der Waals surface area contributed by atoms with Crippen LogP contribution in [0.2, 0.25) is 0 Å². The first-order valence-corrected chi connectivity index (χ1v) is 7.61. The van der Waals surface area contributed by atoms with Crippen molar-refractivity contribution in [2.75, 3.05) is 26.2 Å². The van der Waals surface area contributed by atoms with E-state index >= 15 is 0 Å². The van der Waals surface area contributed by atoms with Crippen molar-refractivity contribution in [1.82, 2.24) is 4.90 Å². The van der Waals surface area contributed by atoms with E-state index in [-0.39, 0.29) is 5.41 Å². The standard InChI is InChI=1S/C15H29NO2/c1-14(18)6-5-10-16(11-9-14)12-15(13-17)7-3-2-4-8-15/h17-18H,2-13H2,1H3. The maximum Gasteiger partial charge on any atom is 0.0632 e. The van der Waals surface area contributed by atoms with Gasteiger partial charge in [0, 0.05) is 25.1 Å². The molecule has 0 bridgehead atoms. The summed E-state index contributed by atoms with van der Waals surface area (Å²) in [6, 6.07) is 0. The van der Waals surface area contributed by atoms with Crippen LogP contribution in [0.4, 0.5) is 0 Å². The molecule has 1 saturated carbocycles. The molecule has 0 radical (unpaired) electrons. The molecule has 0 amide bonds. The van der Waals surface area contributed by atoms with Crippen LogP contribution in [0.1, 0.15) is 58.3 Å². The van der Waals surface area contributed by atoms with Gasteiger partial charge in [-0.3, -0.25) is 0 Å². The van der Waals surface area contributed by atoms with Gasteiger partial charge in [0.25, 0.3) is 0 Å². The Balaban J connectivity index is 1.91. The summed E-state index contributed by atoms with van der Waals surface area (Å²) in [4.78, 5) is 2.48. The smallest absolute Gasteiger partial charge is 0.0632 e. The normalized spacial score (nSPS) is 34.2. The number of rotatable bonds is 3. The first-order valence-electron chi connectivity index (χ1n) is 7.61. The highest BCUT2D eigenvalue weighted by Crippen LogP contribution is 2.37. The van der Waals surface area contributed by atoms with Gasteiger partial charge in [-0.2, -0.15) is 0 Å². The lowest BCUT2D eigenvalue weighted by molar-refractivity contribution is 0.0286. The molecule has 2 rings (SSSR count). The first kappa shape index (κ1) is 14.3. The summed E-state index contributed by atoms with van der Waals surface area (Å²) < 4.78 is 0. The van der Waals surface area contributed by atoms with Crippen LogP contribution in [0.3, 0.4) is 0 Å². The third-order valence-electron chi connectivity index (χ3n) is 4.96. The van der Waals surface area contributed by atoms with Crippen molar-refractivity contribution in [1.29, 1.82) is 0 Å². The second-order valence-electron chi connectivity index (χ2n) is 6.85. The molecule has 0 aromatic rings. The molecule has 3 heteroatoms. The average Bonchev–Trinajstić information content (AvgIpc) is 2.52. The van der Waals surface area contributed by atoms with Crippen molar-refractivity contribution in [2.24, 2.45) is 5.41 Å². The van der Waals surface area contributed by atoms with Gasteiger partial charge in [-0.1, -0.05) is 19.3 Å². The fourth-order valence-corrected chi connectivity index (χ4v) is 3.62. The molecule has 106 valence electrons. The third kappa shape index (κ3) is 3.69. The predicted molar refractivity (Wildman–Crippen MR) is 73.5 cm³/mol. The fourth-order valence-electron chi connectivity index (χ4n) is 3.62. The molecule has 0 aromatic heterocycles. The molecule has 18 heavy (non-hydrogen) atoms. The van der Waals surface area contributed by atoms with Crippen molar-refractivity contribution in [3.63, 3.8) is 0 Å². The quantitative estimate of drug-likeness (QED) is 0.812. The summed E-state index contributed by atoms with van der Waals surface area (Å²) in [5.41, 5.74) is -0.331. The van der Waals surface area contributed by atoms with Crippen LogP contribution >= 0.6 is 0 Å². The highest BCUT2D eigenvalue weighted by molar-refractivity contribution is 4.87. The van der Waals surface area contributed by atoms with E-state index in [1.54, 1.807) is 0 Å². The number of hydrogen-bond acceptors (Lipinski definition) is 3. The lowest BCUT2D eigenvalue weighted by Gasteiger charge is -2.39. The Bertz CT molecular complexity index is 259. The predicted octanol–water partition coefficient (Wildman–Crippen LogP) is 2.17. The average molecular weight is 255 g/mol. The first-order chi connectivity index (χ1) is 8.55. The van der Waals surface area contributed by atoms with Crippen LogP contribution in [-0.2, 0) is 0 Å². The van der Waals surface area contributed by atoms with Gasteiger partial charge in [-0.05, 0) is 45.6 Å². The Morgan fingerprint density at radius 3 is 2.33 bits per heavy atom. The minimum absolute atomic E-state index is 0.147. The van der Waals surface area contributed by atoms with Crippen molar-refractivity contribution < 1.29 is 10.2 Å². The molecule has 1 atom stereocenters. The summed E-state index contributed by atoms with van der Waals surface area (Å²) in [5.74, 6) is 0. The zero-order chi connectivity index (χ0) is 13.1. The zero-order valence-electron chi connectivity index (χ0n) is 11.8. The number of nitrogens with zero attached hydrogens (tertiary/aromatic N) is 1. The molecular formula is C15H29NO2. The van der Waals surface area contributed by atoms with Crippen LogP contribution in [0.5, 0.6) is 0 Å². The molecule has 1 unspecified atom stereocenters. The van der Waals surface area contributed by atoms with Gasteiger partial charge in [0.1, 0.15) is 0 Å². The minimum atomic E-state index is -0.478. The van der Waals surface area contributed by atoms with Gasteiger partial charge >= 0.3 is 0 Å². The van der Waals surface area contributed by atoms with E-state index in [0.29, 0.717) is 6.61 Å². The Morgan fingerprint density at radius 2 is 1.67 bits per heavy atom. The molecule has 1 aliphatic carbocycles. The number of hydrogen-bond donors (Lipinski definition) is 2. The molecule has 2 aliphatic rings. The van der Waals surface area contributed by atoms with E-state index in [2.05, 4.69) is 4.90 Å². The summed E-state index contributed by atoms with van der Waals surface area (Å²) in [6.07, 6.45) is 9.08. The Kier molecular flexibility index (Phi) is 4.68. The topological polar surface area (TPSA) is 43.7 Å². The molecule has 1 heterocycles. The highest BCUT2D eigenvalue weighted by atomic mass is 16.3. The lowest BCUT2D eigenvalue weighted by atomic mass is 9.74. The van der Waals surface area contributed by atoms with E-state index in [1.165, 1.54) is 32.1 Å². The second-order valence-corrected chi connectivity index (χ2v) is 6.85. The Hall–Kier alpha value is -0.120. The third-order valence-corrected chi connectivity index (χ3v) is 4.96. The summed E-state index contributed by atoms with van der Waals surface area (Å²) in [6.45, 7) is 5.38. The van der Waals surface area contributed by atoms with Crippen LogP contribution in [0.25, 0.3) is 0 Å². The van der Waals surface area contributed by atoms with Crippen molar-refractivity contribution >= 4 is 0 Å². The van der Waals surface area contributed by atoms with E-state index in [4.69, 9.17) is 0 Å². The maximum absolute atomic E-state index is 10.1. The highest BCUT2D eigenvalue weighted by Gasteiger charge is 2.34. The van der Waals surface area contributed by atoms with Crippen LogP contribution in [0, 0.1) is 5.41 Å². The second kappa shape index (κ2) is 5.89. The molecule has 2 fully saturated rings. The van der Waals surface area contributed by atoms with E-state index in [0.717, 1.165) is 38.9 Å². The van der Waals surface area contributed by atoms with E-state index in [1.807, 2.05) is 6.92 Å². The Labute approximate surface area is 111 Å². The zero-order valence-corrected chi connectivity index (χ0v) is 11.8. The van der Waals surface area contributed by atoms with Crippen LogP contribution in [0.15, 0.2) is 0 Å². The van der Waals surface area contributed by atoms with Crippen molar-refractivity contribution in [2.45, 2.75) is 63.9 Å². The van der Waals surface area contributed by atoms with E-state index in [9.17, 15) is 10.2 Å². The van der Waals surface area contributed by atoms with Gasteiger partial charge in [0.15, 0.2) is 0 Å². The van der Waals surface area contributed by atoms with Crippen molar-refractivity contribution in [3.8, 4) is 0 Å². The molecule has 1 aliphatic heterocycles. The van der Waals surface area contributed by atoms with Gasteiger partial charge in [-0.25, -0.2) is 0 Å². The summed E-state index contributed by atoms with van der Waals surface area (Å²) in [7, 11) is 0. The van der Waals surface area contributed by atoms with Crippen molar-refractivity contribution in [3.05, 3.63) is 0 Å². The molecule has 3 nitrogen and oxygen atoms in total. The van der Waals surface area contributed by atoms with Gasteiger partial charge in [-0.15, -0.1) is 0 Å². The monoisotopic (exact) mass is 255 g/mol. The van der Waals surface area contributed by atoms with Gasteiger partial charge in [0.2, 0.25) is 0 Å². The minimum Gasteiger partial charge on any atom is -0.396 e. The molecular weight excluding hydrogens is 226 g/mol. The van der Waals surface area contributed by atoms with Gasteiger partial charge < -0.3 is 15.1 Å². The van der Waals surface area contributed by atoms with E-state index < -0.39 is 5.60 Å². The summed E-state index contributed by atoms with van der Waals surface area (Å²) >= 11 is 0. The maximum atomic E-state index is 10.1. The number of likely N-dealkylation sites (tertiary alicyclic amines) is 1. The molecule has 1 saturated heterocycles. The van der Waals surface area contributed by atoms with Crippen LogP contribution in [-0.4, -0.2) is 47.0 Å². The lowest BCUT2D eigenvalue weighted by Crippen LogP contribution is -2.42. The molecule has 0 spiro atoms. The van der Waals surface area contributed by atoms with Gasteiger partial charge in [0.05, 0.1) is 5.60 Å². The molecule has 2 N–H and O–H groups in total. The number of aliphatic hydroxyl groups is 2. The SMILES string of the molecule is CC1(O)CCCN(CC2(CO)CCCCC2)CC1. The fraction of sp³-hybridized carbons (Fsp3) is 1.00.